The minimum atomic E-state index is -0.156. The number of H-pyrrole nitrogens is 1. The number of methoxy groups -OCH3 is 1. The largest absolute Gasteiger partial charge is 0.497 e. The number of nitrogens with one attached hydrogen (secondary N) is 1. The van der Waals surface area contributed by atoms with E-state index < -0.39 is 0 Å². The maximum atomic E-state index is 12.8. The molecule has 6 nitrogen and oxygen atoms in total. The van der Waals surface area contributed by atoms with Gasteiger partial charge in [-0.25, -0.2) is 0 Å². The van der Waals surface area contributed by atoms with Crippen LogP contribution in [-0.4, -0.2) is 59.1 Å². The summed E-state index contributed by atoms with van der Waals surface area (Å²) in [6.07, 6.45) is 3.90. The van der Waals surface area contributed by atoms with E-state index in [2.05, 4.69) is 26.9 Å². The molecule has 3 aromatic rings. The van der Waals surface area contributed by atoms with Gasteiger partial charge >= 0.3 is 0 Å². The third-order valence-corrected chi connectivity index (χ3v) is 8.68. The van der Waals surface area contributed by atoms with E-state index in [-0.39, 0.29) is 24.0 Å². The Labute approximate surface area is 210 Å². The van der Waals surface area contributed by atoms with E-state index in [1.807, 2.05) is 30.3 Å². The molecule has 2 aromatic carbocycles. The molecule has 184 valence electrons. The molecular weight excluding hydrogens is 462 g/mol. The van der Waals surface area contributed by atoms with Crippen molar-refractivity contribution >= 4 is 28.4 Å². The normalized spacial score (nSPS) is 21.9. The molecule has 1 saturated carbocycles. The number of hydrogen-bond donors (Lipinski definition) is 2. The Bertz CT molecular complexity index is 1260. The molecule has 1 aliphatic carbocycles. The first-order valence-electron chi connectivity index (χ1n) is 12.6. The van der Waals surface area contributed by atoms with Crippen molar-refractivity contribution in [3.8, 4) is 5.75 Å². The average molecular weight is 494 g/mol. The maximum absolute atomic E-state index is 12.8. The summed E-state index contributed by atoms with van der Waals surface area (Å²) in [5.41, 5.74) is 4.38. The van der Waals surface area contributed by atoms with Crippen LogP contribution in [0.3, 0.4) is 0 Å². The summed E-state index contributed by atoms with van der Waals surface area (Å²) in [5, 5.41) is 12.5. The molecule has 1 spiro atoms. The molecule has 35 heavy (non-hydrogen) atoms. The van der Waals surface area contributed by atoms with Crippen LogP contribution in [0, 0.1) is 5.92 Å². The first-order chi connectivity index (χ1) is 17.0. The second-order valence-electron chi connectivity index (χ2n) is 10.4. The molecule has 2 N–H and O–H groups in total. The molecule has 1 saturated heterocycles. The fourth-order valence-electron chi connectivity index (χ4n) is 6.28. The maximum Gasteiger partial charge on any atom is 0.225 e. The van der Waals surface area contributed by atoms with Crippen LogP contribution in [0.15, 0.2) is 42.5 Å². The van der Waals surface area contributed by atoms with Crippen molar-refractivity contribution in [2.24, 2.45) is 5.92 Å². The van der Waals surface area contributed by atoms with Gasteiger partial charge in [0.25, 0.3) is 0 Å². The Morgan fingerprint density at radius 3 is 2.66 bits per heavy atom. The zero-order chi connectivity index (χ0) is 24.2. The molecule has 3 heterocycles. The molecule has 2 aliphatic heterocycles. The number of halogens is 1. The summed E-state index contributed by atoms with van der Waals surface area (Å²) >= 11 is 6.54. The summed E-state index contributed by atoms with van der Waals surface area (Å²) in [6.45, 7) is 3.06. The second kappa shape index (κ2) is 8.84. The van der Waals surface area contributed by atoms with E-state index in [0.29, 0.717) is 12.5 Å². The summed E-state index contributed by atoms with van der Waals surface area (Å²) in [6, 6.07) is 14.0. The zero-order valence-corrected chi connectivity index (χ0v) is 20.9. The highest BCUT2D eigenvalue weighted by atomic mass is 35.5. The lowest BCUT2D eigenvalue weighted by Gasteiger charge is -2.50. The van der Waals surface area contributed by atoms with Crippen molar-refractivity contribution in [3.05, 3.63) is 64.3 Å². The smallest absolute Gasteiger partial charge is 0.225 e. The standard InChI is InChI=1S/C28H32ClN3O3/c1-35-20-8-9-21-23(14-20)30-26-24(16-33)32(15-19-4-2-3-5-22(19)29)17-28(25(21)26)10-12-31(13-11-28)27(34)18-6-7-18/h2-5,8-9,14,18,24,30,33H,6-7,10-13,15-17H2,1H3/t24-/m0/s1. The fraction of sp³-hybridized carbons (Fsp3) is 0.464. The molecule has 7 heteroatoms. The third kappa shape index (κ3) is 3.92. The number of ether oxygens (including phenoxy) is 1. The van der Waals surface area contributed by atoms with E-state index >= 15 is 0 Å². The predicted octanol–water partition coefficient (Wildman–Crippen LogP) is 4.65. The monoisotopic (exact) mass is 493 g/mol. The number of aliphatic hydroxyl groups excluding tert-OH is 1. The highest BCUT2D eigenvalue weighted by Gasteiger charge is 2.48. The summed E-state index contributed by atoms with van der Waals surface area (Å²) in [4.78, 5) is 20.9. The number of aromatic nitrogens is 1. The summed E-state index contributed by atoms with van der Waals surface area (Å²) < 4.78 is 5.49. The third-order valence-electron chi connectivity index (χ3n) is 8.31. The van der Waals surface area contributed by atoms with Gasteiger partial charge in [0.05, 0.1) is 19.8 Å². The van der Waals surface area contributed by atoms with Crippen LogP contribution in [0.25, 0.3) is 10.9 Å². The Morgan fingerprint density at radius 2 is 1.97 bits per heavy atom. The van der Waals surface area contributed by atoms with E-state index in [0.717, 1.165) is 72.9 Å². The number of piperidine rings is 1. The molecule has 1 aromatic heterocycles. The average Bonchev–Trinajstić information content (AvgIpc) is 3.65. The minimum absolute atomic E-state index is 0.0176. The van der Waals surface area contributed by atoms with Gasteiger partial charge in [-0.3, -0.25) is 9.69 Å². The Kier molecular flexibility index (Phi) is 5.78. The number of nitrogens with zero attached hydrogens (tertiary/aromatic N) is 2. The fourth-order valence-corrected chi connectivity index (χ4v) is 6.47. The lowest BCUT2D eigenvalue weighted by atomic mass is 9.68. The molecule has 6 rings (SSSR count). The summed E-state index contributed by atoms with van der Waals surface area (Å²) in [7, 11) is 1.68. The van der Waals surface area contributed by atoms with Crippen LogP contribution in [0.4, 0.5) is 0 Å². The molecule has 2 fully saturated rings. The van der Waals surface area contributed by atoms with Crippen LogP contribution >= 0.6 is 11.6 Å². The van der Waals surface area contributed by atoms with Gasteiger partial charge in [-0.05, 0) is 55.0 Å². The molecule has 1 amide bonds. The van der Waals surface area contributed by atoms with Gasteiger partial charge in [0.2, 0.25) is 5.91 Å². The van der Waals surface area contributed by atoms with Crippen molar-refractivity contribution < 1.29 is 14.6 Å². The Hall–Kier alpha value is -2.54. The molecule has 1 atom stereocenters. The van der Waals surface area contributed by atoms with Gasteiger partial charge in [0, 0.05) is 65.2 Å². The number of fused-ring (bicyclic) bond motifs is 4. The lowest BCUT2D eigenvalue weighted by Crippen LogP contribution is -2.54. The Morgan fingerprint density at radius 1 is 1.20 bits per heavy atom. The highest BCUT2D eigenvalue weighted by molar-refractivity contribution is 6.31. The van der Waals surface area contributed by atoms with Crippen LogP contribution in [0.5, 0.6) is 5.75 Å². The Balaban J connectivity index is 1.42. The quantitative estimate of drug-likeness (QED) is 0.543. The number of rotatable bonds is 5. The highest BCUT2D eigenvalue weighted by Crippen LogP contribution is 2.50. The van der Waals surface area contributed by atoms with Crippen LogP contribution in [0.1, 0.15) is 48.5 Å². The van der Waals surface area contributed by atoms with Gasteiger partial charge in [0.1, 0.15) is 5.75 Å². The molecule has 0 bridgehead atoms. The van der Waals surface area contributed by atoms with Crippen molar-refractivity contribution in [2.45, 2.75) is 43.7 Å². The van der Waals surface area contributed by atoms with Gasteiger partial charge in [-0.15, -0.1) is 0 Å². The predicted molar refractivity (Wildman–Crippen MR) is 137 cm³/mol. The number of likely N-dealkylation sites (tertiary alicyclic amines) is 1. The molecular formula is C28H32ClN3O3. The SMILES string of the molecule is COc1ccc2c3c([nH]c2c1)[C@H](CO)N(Cc1ccccc1Cl)CC31CCN(C(=O)C2CC2)CC1. The first-order valence-corrected chi connectivity index (χ1v) is 13.0. The van der Waals surface area contributed by atoms with Gasteiger partial charge < -0.3 is 19.7 Å². The van der Waals surface area contributed by atoms with Crippen LogP contribution < -0.4 is 4.74 Å². The van der Waals surface area contributed by atoms with E-state index in [1.165, 1.54) is 10.9 Å². The first kappa shape index (κ1) is 22.9. The molecule has 0 radical (unpaired) electrons. The molecule has 3 aliphatic rings. The van der Waals surface area contributed by atoms with Crippen LogP contribution in [0.2, 0.25) is 5.02 Å². The van der Waals surface area contributed by atoms with Gasteiger partial charge in [0.15, 0.2) is 0 Å². The number of amides is 1. The van der Waals surface area contributed by atoms with Gasteiger partial charge in [-0.1, -0.05) is 29.8 Å². The van der Waals surface area contributed by atoms with Crippen molar-refractivity contribution in [1.82, 2.24) is 14.8 Å². The van der Waals surface area contributed by atoms with E-state index in [9.17, 15) is 9.90 Å². The van der Waals surface area contributed by atoms with Crippen LogP contribution in [-0.2, 0) is 16.8 Å². The van der Waals surface area contributed by atoms with E-state index in [1.54, 1.807) is 7.11 Å². The minimum Gasteiger partial charge on any atom is -0.497 e. The second-order valence-corrected chi connectivity index (χ2v) is 10.8. The zero-order valence-electron chi connectivity index (χ0n) is 20.1. The number of aromatic amines is 1. The molecule has 0 unspecified atom stereocenters. The summed E-state index contributed by atoms with van der Waals surface area (Å²) in [5.74, 6) is 1.39. The van der Waals surface area contributed by atoms with E-state index in [4.69, 9.17) is 16.3 Å². The van der Waals surface area contributed by atoms with Crippen molar-refractivity contribution in [1.29, 1.82) is 0 Å². The number of carbonyl (C=O) groups is 1. The number of carbonyl (C=O) groups excluding carboxylic acids is 1. The lowest BCUT2D eigenvalue weighted by molar-refractivity contribution is -0.134. The van der Waals surface area contributed by atoms with Crippen molar-refractivity contribution in [2.75, 3.05) is 33.4 Å². The topological polar surface area (TPSA) is 68.8 Å². The van der Waals surface area contributed by atoms with Crippen molar-refractivity contribution in [3.63, 3.8) is 0 Å². The number of hydrogen-bond acceptors (Lipinski definition) is 4. The van der Waals surface area contributed by atoms with Gasteiger partial charge in [-0.2, -0.15) is 0 Å². The number of benzene rings is 2. The number of aliphatic hydroxyl groups is 1.